The van der Waals surface area contributed by atoms with Gasteiger partial charge in [-0.3, -0.25) is 4.68 Å². The molecule has 1 aliphatic heterocycles. The molecular weight excluding hydrogens is 324 g/mol. The Morgan fingerprint density at radius 3 is 2.96 bits per heavy atom. The number of rotatable bonds is 3. The molecule has 3 aromatic rings. The molecule has 3 aromatic heterocycles. The summed E-state index contributed by atoms with van der Waals surface area (Å²) in [5.74, 6) is 0. The standard InChI is InChI=1S/C16H22N6OS/c1-16(2,3)13-11-22-14(18-13)24-15(19-22)20-7-8-23-12(9-20)10-21-6-4-5-17-21/h4-6,11-12H,7-10H2,1-3H3/t12-/m0/s1. The molecule has 1 aliphatic rings. The van der Waals surface area contributed by atoms with Crippen molar-refractivity contribution in [2.75, 3.05) is 24.6 Å². The number of morpholine rings is 1. The first-order chi connectivity index (χ1) is 11.5. The van der Waals surface area contributed by atoms with E-state index in [0.29, 0.717) is 6.61 Å². The van der Waals surface area contributed by atoms with Crippen molar-refractivity contribution in [1.82, 2.24) is 24.4 Å². The van der Waals surface area contributed by atoms with Gasteiger partial charge >= 0.3 is 0 Å². The van der Waals surface area contributed by atoms with Crippen LogP contribution in [0.4, 0.5) is 5.13 Å². The monoisotopic (exact) mass is 346 g/mol. The maximum atomic E-state index is 5.87. The van der Waals surface area contributed by atoms with Crippen molar-refractivity contribution in [3.63, 3.8) is 0 Å². The summed E-state index contributed by atoms with van der Waals surface area (Å²) < 4.78 is 9.69. The van der Waals surface area contributed by atoms with E-state index >= 15 is 0 Å². The average molecular weight is 346 g/mol. The summed E-state index contributed by atoms with van der Waals surface area (Å²) in [7, 11) is 0. The Bertz CT molecular complexity index is 784. The normalized spacial score (nSPS) is 19.3. The molecule has 0 aromatic carbocycles. The lowest BCUT2D eigenvalue weighted by Gasteiger charge is -2.32. The second-order valence-electron chi connectivity index (χ2n) is 7.15. The van der Waals surface area contributed by atoms with E-state index in [9.17, 15) is 0 Å². The Labute approximate surface area is 144 Å². The first kappa shape index (κ1) is 15.6. The van der Waals surface area contributed by atoms with Crippen LogP contribution in [0.3, 0.4) is 0 Å². The molecule has 1 atom stereocenters. The number of aromatic nitrogens is 5. The Balaban J connectivity index is 1.50. The molecule has 8 heteroatoms. The van der Waals surface area contributed by atoms with Crippen LogP contribution < -0.4 is 4.90 Å². The quantitative estimate of drug-likeness (QED) is 0.727. The molecule has 0 aliphatic carbocycles. The molecule has 0 amide bonds. The molecule has 4 rings (SSSR count). The summed E-state index contributed by atoms with van der Waals surface area (Å²) in [5, 5.41) is 9.99. The van der Waals surface area contributed by atoms with Crippen LogP contribution in [0.15, 0.2) is 24.7 Å². The van der Waals surface area contributed by atoms with Gasteiger partial charge in [0.2, 0.25) is 10.1 Å². The number of nitrogens with zero attached hydrogens (tertiary/aromatic N) is 6. The summed E-state index contributed by atoms with van der Waals surface area (Å²) in [6.45, 7) is 9.66. The van der Waals surface area contributed by atoms with Crippen LogP contribution in [0.25, 0.3) is 4.96 Å². The van der Waals surface area contributed by atoms with Gasteiger partial charge in [-0.2, -0.15) is 5.10 Å². The molecule has 24 heavy (non-hydrogen) atoms. The maximum absolute atomic E-state index is 5.87. The molecule has 0 radical (unpaired) electrons. The summed E-state index contributed by atoms with van der Waals surface area (Å²) in [5.41, 5.74) is 1.12. The second-order valence-corrected chi connectivity index (χ2v) is 8.09. The van der Waals surface area contributed by atoms with Crippen molar-refractivity contribution in [3.05, 3.63) is 30.4 Å². The molecule has 1 fully saturated rings. The van der Waals surface area contributed by atoms with E-state index in [2.05, 4.69) is 30.8 Å². The summed E-state index contributed by atoms with van der Waals surface area (Å²) in [6.07, 6.45) is 5.92. The van der Waals surface area contributed by atoms with Crippen LogP contribution in [-0.4, -0.2) is 50.2 Å². The average Bonchev–Trinajstić information content (AvgIpc) is 3.21. The highest BCUT2D eigenvalue weighted by Gasteiger charge is 2.25. The third-order valence-corrected chi connectivity index (χ3v) is 5.14. The molecule has 4 heterocycles. The predicted octanol–water partition coefficient (Wildman–Crippen LogP) is 2.19. The predicted molar refractivity (Wildman–Crippen MR) is 93.7 cm³/mol. The SMILES string of the molecule is CC(C)(C)c1cn2nc(N3CCO[C@H](Cn4cccn4)C3)sc2n1. The molecule has 1 saturated heterocycles. The van der Waals surface area contributed by atoms with E-state index < -0.39 is 0 Å². The Morgan fingerprint density at radius 1 is 1.38 bits per heavy atom. The maximum Gasteiger partial charge on any atom is 0.214 e. The zero-order valence-electron chi connectivity index (χ0n) is 14.2. The van der Waals surface area contributed by atoms with Crippen molar-refractivity contribution in [2.45, 2.75) is 38.8 Å². The van der Waals surface area contributed by atoms with Gasteiger partial charge in [-0.1, -0.05) is 32.1 Å². The number of hydrogen-bond acceptors (Lipinski definition) is 6. The van der Waals surface area contributed by atoms with Crippen LogP contribution in [0.1, 0.15) is 26.5 Å². The van der Waals surface area contributed by atoms with Gasteiger partial charge in [-0.25, -0.2) is 9.50 Å². The molecule has 7 nitrogen and oxygen atoms in total. The van der Waals surface area contributed by atoms with Gasteiger partial charge in [0.15, 0.2) is 0 Å². The smallest absolute Gasteiger partial charge is 0.214 e. The van der Waals surface area contributed by atoms with E-state index in [4.69, 9.17) is 14.8 Å². The lowest BCUT2D eigenvalue weighted by molar-refractivity contribution is 0.0274. The fourth-order valence-electron chi connectivity index (χ4n) is 2.80. The van der Waals surface area contributed by atoms with Crippen molar-refractivity contribution in [2.24, 2.45) is 0 Å². The van der Waals surface area contributed by atoms with Crippen LogP contribution >= 0.6 is 11.3 Å². The first-order valence-electron chi connectivity index (χ1n) is 8.20. The van der Waals surface area contributed by atoms with Crippen molar-refractivity contribution < 1.29 is 4.74 Å². The number of imidazole rings is 1. The number of anilines is 1. The number of fused-ring (bicyclic) bond motifs is 1. The van der Waals surface area contributed by atoms with E-state index in [-0.39, 0.29) is 11.5 Å². The highest BCUT2D eigenvalue weighted by Crippen LogP contribution is 2.28. The lowest BCUT2D eigenvalue weighted by atomic mass is 9.93. The summed E-state index contributed by atoms with van der Waals surface area (Å²) in [4.78, 5) is 7.96. The fourth-order valence-corrected chi connectivity index (χ4v) is 3.72. The van der Waals surface area contributed by atoms with Gasteiger partial charge in [-0.05, 0) is 6.07 Å². The number of ether oxygens (including phenoxy) is 1. The van der Waals surface area contributed by atoms with Crippen LogP contribution in [0.5, 0.6) is 0 Å². The van der Waals surface area contributed by atoms with Gasteiger partial charge in [0.05, 0.1) is 31.1 Å². The van der Waals surface area contributed by atoms with E-state index in [0.717, 1.165) is 35.4 Å². The number of hydrogen-bond donors (Lipinski definition) is 0. The van der Waals surface area contributed by atoms with E-state index in [1.807, 2.05) is 27.7 Å². The van der Waals surface area contributed by atoms with Crippen molar-refractivity contribution in [3.8, 4) is 0 Å². The molecule has 0 saturated carbocycles. The van der Waals surface area contributed by atoms with E-state index in [1.165, 1.54) is 0 Å². The summed E-state index contributed by atoms with van der Waals surface area (Å²) in [6, 6.07) is 1.93. The minimum absolute atomic E-state index is 0.0431. The third-order valence-electron chi connectivity index (χ3n) is 4.16. The van der Waals surface area contributed by atoms with E-state index in [1.54, 1.807) is 17.5 Å². The van der Waals surface area contributed by atoms with Gasteiger partial charge in [0.25, 0.3) is 0 Å². The highest BCUT2D eigenvalue weighted by molar-refractivity contribution is 7.20. The Kier molecular flexibility index (Phi) is 3.80. The van der Waals surface area contributed by atoms with Crippen molar-refractivity contribution in [1.29, 1.82) is 0 Å². The molecular formula is C16H22N6OS. The van der Waals surface area contributed by atoms with Crippen LogP contribution in [0.2, 0.25) is 0 Å². The molecule has 0 spiro atoms. The van der Waals surface area contributed by atoms with Gasteiger partial charge in [0.1, 0.15) is 0 Å². The Morgan fingerprint density at radius 2 is 2.25 bits per heavy atom. The Hall–Kier alpha value is -1.93. The van der Waals surface area contributed by atoms with Gasteiger partial charge < -0.3 is 9.64 Å². The molecule has 0 unspecified atom stereocenters. The zero-order chi connectivity index (χ0) is 16.7. The highest BCUT2D eigenvalue weighted by atomic mass is 32.1. The van der Waals surface area contributed by atoms with Gasteiger partial charge in [-0.15, -0.1) is 5.10 Å². The van der Waals surface area contributed by atoms with Crippen LogP contribution in [-0.2, 0) is 16.7 Å². The minimum atomic E-state index is 0.0431. The molecule has 0 N–H and O–H groups in total. The third kappa shape index (κ3) is 3.03. The van der Waals surface area contributed by atoms with Crippen molar-refractivity contribution >= 4 is 21.4 Å². The minimum Gasteiger partial charge on any atom is -0.373 e. The molecule has 0 bridgehead atoms. The van der Waals surface area contributed by atoms with Gasteiger partial charge in [0, 0.05) is 30.9 Å². The fraction of sp³-hybridized carbons (Fsp3) is 0.562. The second kappa shape index (κ2) is 5.86. The first-order valence-corrected chi connectivity index (χ1v) is 9.01. The lowest BCUT2D eigenvalue weighted by Crippen LogP contribution is -2.44. The summed E-state index contributed by atoms with van der Waals surface area (Å²) >= 11 is 1.64. The largest absolute Gasteiger partial charge is 0.373 e. The molecule has 128 valence electrons. The topological polar surface area (TPSA) is 60.5 Å². The van der Waals surface area contributed by atoms with Crippen LogP contribution in [0, 0.1) is 0 Å². The zero-order valence-corrected chi connectivity index (χ0v) is 15.0.